The molecule has 0 fully saturated rings. The van der Waals surface area contributed by atoms with Crippen LogP contribution < -0.4 is 4.74 Å². The second-order valence-corrected chi connectivity index (χ2v) is 6.11. The van der Waals surface area contributed by atoms with Gasteiger partial charge >= 0.3 is 5.97 Å². The van der Waals surface area contributed by atoms with Crippen LogP contribution in [-0.2, 0) is 0 Å². The molecule has 24 heavy (non-hydrogen) atoms. The fraction of sp³-hybridized carbons (Fsp3) is 0.200. The normalized spacial score (nSPS) is 11.0. The van der Waals surface area contributed by atoms with E-state index in [1.165, 1.54) is 0 Å². The number of fused-ring (bicyclic) bond motifs is 1. The average molecular weight is 321 g/mol. The minimum absolute atomic E-state index is 0.260. The van der Waals surface area contributed by atoms with E-state index in [0.29, 0.717) is 29.1 Å². The van der Waals surface area contributed by atoms with Crippen molar-refractivity contribution in [2.75, 3.05) is 6.61 Å². The summed E-state index contributed by atoms with van der Waals surface area (Å²) < 4.78 is 5.68. The Hall–Kier alpha value is -2.88. The summed E-state index contributed by atoms with van der Waals surface area (Å²) in [6, 6.07) is 16.5. The Labute approximate surface area is 140 Å². The molecule has 3 rings (SSSR count). The van der Waals surface area contributed by atoms with Gasteiger partial charge in [-0.1, -0.05) is 32.0 Å². The number of aromatic nitrogens is 1. The van der Waals surface area contributed by atoms with E-state index in [2.05, 4.69) is 18.8 Å². The number of hydrogen-bond donors (Lipinski definition) is 1. The van der Waals surface area contributed by atoms with Crippen molar-refractivity contribution in [1.29, 1.82) is 0 Å². The second kappa shape index (κ2) is 6.71. The highest BCUT2D eigenvalue weighted by Gasteiger charge is 2.12. The molecule has 0 saturated carbocycles. The number of nitrogens with zero attached hydrogens (tertiary/aromatic N) is 1. The third-order valence-electron chi connectivity index (χ3n) is 3.68. The number of carboxylic acids is 1. The quantitative estimate of drug-likeness (QED) is 0.744. The molecule has 0 saturated heterocycles. The molecule has 122 valence electrons. The second-order valence-electron chi connectivity index (χ2n) is 6.11. The Morgan fingerprint density at radius 3 is 2.50 bits per heavy atom. The molecule has 2 aromatic carbocycles. The highest BCUT2D eigenvalue weighted by molar-refractivity contribution is 6.03. The van der Waals surface area contributed by atoms with Gasteiger partial charge in [-0.15, -0.1) is 0 Å². The number of para-hydroxylation sites is 1. The molecule has 0 radical (unpaired) electrons. The molecule has 3 aromatic rings. The summed E-state index contributed by atoms with van der Waals surface area (Å²) in [7, 11) is 0. The number of carboxylic acid groups (broad SMARTS) is 1. The predicted molar refractivity (Wildman–Crippen MR) is 94.5 cm³/mol. The van der Waals surface area contributed by atoms with Crippen LogP contribution in [0.3, 0.4) is 0 Å². The molecule has 0 bridgehead atoms. The summed E-state index contributed by atoms with van der Waals surface area (Å²) in [6.07, 6.45) is 0. The molecule has 0 unspecified atom stereocenters. The minimum atomic E-state index is -0.952. The average Bonchev–Trinajstić information content (AvgIpc) is 2.59. The number of carbonyl (C=O) groups is 1. The summed E-state index contributed by atoms with van der Waals surface area (Å²) in [6.45, 7) is 4.86. The summed E-state index contributed by atoms with van der Waals surface area (Å²) in [5.41, 5.74) is 2.44. The lowest BCUT2D eigenvalue weighted by Crippen LogP contribution is -2.04. The lowest BCUT2D eigenvalue weighted by Gasteiger charge is -2.10. The topological polar surface area (TPSA) is 59.4 Å². The first-order valence-corrected chi connectivity index (χ1v) is 7.91. The number of pyridine rings is 1. The van der Waals surface area contributed by atoms with E-state index in [9.17, 15) is 9.90 Å². The summed E-state index contributed by atoms with van der Waals surface area (Å²) >= 11 is 0. The Bertz CT molecular complexity index is 870. The van der Waals surface area contributed by atoms with Crippen LogP contribution in [0.2, 0.25) is 0 Å². The van der Waals surface area contributed by atoms with Gasteiger partial charge in [-0.3, -0.25) is 0 Å². The molecule has 1 aromatic heterocycles. The third kappa shape index (κ3) is 3.38. The molecular formula is C20H19NO3. The fourth-order valence-corrected chi connectivity index (χ4v) is 2.49. The van der Waals surface area contributed by atoms with Crippen molar-refractivity contribution < 1.29 is 14.6 Å². The van der Waals surface area contributed by atoms with Gasteiger partial charge in [0.25, 0.3) is 0 Å². The number of benzene rings is 2. The van der Waals surface area contributed by atoms with E-state index >= 15 is 0 Å². The van der Waals surface area contributed by atoms with Gasteiger partial charge in [0, 0.05) is 10.9 Å². The van der Waals surface area contributed by atoms with E-state index < -0.39 is 5.97 Å². The van der Waals surface area contributed by atoms with Gasteiger partial charge in [0.05, 0.1) is 23.4 Å². The molecule has 4 nitrogen and oxygen atoms in total. The highest BCUT2D eigenvalue weighted by atomic mass is 16.5. The van der Waals surface area contributed by atoms with E-state index in [1.807, 2.05) is 42.5 Å². The molecule has 0 aliphatic carbocycles. The van der Waals surface area contributed by atoms with Crippen LogP contribution in [0.5, 0.6) is 5.75 Å². The molecule has 1 N–H and O–H groups in total. The molecule has 0 spiro atoms. The Balaban J connectivity index is 1.98. The van der Waals surface area contributed by atoms with Crippen LogP contribution in [0.25, 0.3) is 22.2 Å². The number of rotatable bonds is 5. The molecule has 0 atom stereocenters. The maximum absolute atomic E-state index is 11.6. The van der Waals surface area contributed by atoms with E-state index in [4.69, 9.17) is 4.74 Å². The number of hydrogen-bond acceptors (Lipinski definition) is 3. The first-order chi connectivity index (χ1) is 11.5. The Morgan fingerprint density at radius 1 is 1.12 bits per heavy atom. The van der Waals surface area contributed by atoms with Crippen molar-refractivity contribution in [2.45, 2.75) is 13.8 Å². The largest absolute Gasteiger partial charge is 0.493 e. The van der Waals surface area contributed by atoms with Crippen molar-refractivity contribution in [1.82, 2.24) is 4.98 Å². The fourth-order valence-electron chi connectivity index (χ4n) is 2.49. The zero-order valence-electron chi connectivity index (χ0n) is 13.7. The van der Waals surface area contributed by atoms with Crippen molar-refractivity contribution in [3.63, 3.8) is 0 Å². The molecule has 4 heteroatoms. The summed E-state index contributed by atoms with van der Waals surface area (Å²) in [5, 5.41) is 10.1. The lowest BCUT2D eigenvalue weighted by atomic mass is 10.0. The summed E-state index contributed by atoms with van der Waals surface area (Å²) in [4.78, 5) is 16.1. The zero-order valence-corrected chi connectivity index (χ0v) is 13.7. The molecule has 0 amide bonds. The standard InChI is InChI=1S/C20H19NO3/c1-13(2)12-24-15-9-7-14(8-10-15)19-11-17(20(22)23)16-5-3-4-6-18(16)21-19/h3-11,13H,12H2,1-2H3,(H,22,23). The van der Waals surface area contributed by atoms with Crippen LogP contribution in [0.15, 0.2) is 54.6 Å². The molecular weight excluding hydrogens is 302 g/mol. The van der Waals surface area contributed by atoms with Crippen LogP contribution in [0.1, 0.15) is 24.2 Å². The first-order valence-electron chi connectivity index (χ1n) is 7.91. The van der Waals surface area contributed by atoms with Crippen molar-refractivity contribution in [3.8, 4) is 17.0 Å². The summed E-state index contributed by atoms with van der Waals surface area (Å²) in [5.74, 6) is 0.309. The molecule has 0 aliphatic heterocycles. The van der Waals surface area contributed by atoms with Gasteiger partial charge < -0.3 is 9.84 Å². The SMILES string of the molecule is CC(C)COc1ccc(-c2cc(C(=O)O)c3ccccc3n2)cc1. The van der Waals surface area contributed by atoms with Crippen molar-refractivity contribution in [3.05, 3.63) is 60.2 Å². The van der Waals surface area contributed by atoms with E-state index in [0.717, 1.165) is 11.3 Å². The van der Waals surface area contributed by atoms with Gasteiger partial charge in [-0.05, 0) is 42.3 Å². The molecule has 0 aliphatic rings. The maximum atomic E-state index is 11.6. The number of ether oxygens (including phenoxy) is 1. The smallest absolute Gasteiger partial charge is 0.336 e. The van der Waals surface area contributed by atoms with Crippen LogP contribution in [-0.4, -0.2) is 22.7 Å². The number of aromatic carboxylic acids is 1. The zero-order chi connectivity index (χ0) is 17.1. The van der Waals surface area contributed by atoms with Crippen LogP contribution in [0, 0.1) is 5.92 Å². The van der Waals surface area contributed by atoms with Gasteiger partial charge in [0.2, 0.25) is 0 Å². The first kappa shape index (κ1) is 16.0. The van der Waals surface area contributed by atoms with Gasteiger partial charge in [-0.25, -0.2) is 9.78 Å². The van der Waals surface area contributed by atoms with E-state index in [-0.39, 0.29) is 5.56 Å². The van der Waals surface area contributed by atoms with Crippen molar-refractivity contribution >= 4 is 16.9 Å². The van der Waals surface area contributed by atoms with Crippen molar-refractivity contribution in [2.24, 2.45) is 5.92 Å². The minimum Gasteiger partial charge on any atom is -0.493 e. The molecule has 1 heterocycles. The Kier molecular flexibility index (Phi) is 4.47. The Morgan fingerprint density at radius 2 is 1.83 bits per heavy atom. The van der Waals surface area contributed by atoms with Crippen LogP contribution in [0.4, 0.5) is 0 Å². The predicted octanol–water partition coefficient (Wildman–Crippen LogP) is 4.63. The van der Waals surface area contributed by atoms with Gasteiger partial charge in [-0.2, -0.15) is 0 Å². The van der Waals surface area contributed by atoms with E-state index in [1.54, 1.807) is 12.1 Å². The highest BCUT2D eigenvalue weighted by Crippen LogP contribution is 2.26. The monoisotopic (exact) mass is 321 g/mol. The third-order valence-corrected chi connectivity index (χ3v) is 3.68. The van der Waals surface area contributed by atoms with Gasteiger partial charge in [0.1, 0.15) is 5.75 Å². The lowest BCUT2D eigenvalue weighted by molar-refractivity contribution is 0.0699. The van der Waals surface area contributed by atoms with Crippen LogP contribution >= 0.6 is 0 Å². The maximum Gasteiger partial charge on any atom is 0.336 e. The van der Waals surface area contributed by atoms with Gasteiger partial charge in [0.15, 0.2) is 0 Å².